The highest BCUT2D eigenvalue weighted by Gasteiger charge is 2.51. The summed E-state index contributed by atoms with van der Waals surface area (Å²) in [7, 11) is -0.409. The number of ether oxygens (including phenoxy) is 1. The molecule has 23 heavy (non-hydrogen) atoms. The van der Waals surface area contributed by atoms with Gasteiger partial charge in [-0.25, -0.2) is 0 Å². The van der Waals surface area contributed by atoms with Crippen molar-refractivity contribution in [1.82, 2.24) is 15.4 Å². The third kappa shape index (κ3) is 2.86. The fourth-order valence-electron chi connectivity index (χ4n) is 2.49. The van der Waals surface area contributed by atoms with Crippen LogP contribution in [0.25, 0.3) is 11.3 Å². The predicted octanol–water partition coefficient (Wildman–Crippen LogP) is 2.17. The number of aromatic amines is 1. The molecule has 6 nitrogen and oxygen atoms in total. The highest BCUT2D eigenvalue weighted by atomic mass is 16.7. The molecule has 0 atom stereocenters. The van der Waals surface area contributed by atoms with Crippen LogP contribution in [0.2, 0.25) is 0 Å². The molecule has 1 aromatic carbocycles. The second-order valence-electron chi connectivity index (χ2n) is 6.65. The highest BCUT2D eigenvalue weighted by Crippen LogP contribution is 2.37. The third-order valence-corrected chi connectivity index (χ3v) is 4.54. The number of hydrogen-bond acceptors (Lipinski definition) is 5. The molecule has 3 rings (SSSR count). The summed E-state index contributed by atoms with van der Waals surface area (Å²) in [5.41, 5.74) is 1.93. The van der Waals surface area contributed by atoms with Crippen molar-refractivity contribution >= 4 is 12.6 Å². The lowest BCUT2D eigenvalue weighted by Crippen LogP contribution is -2.41. The minimum Gasteiger partial charge on any atom is -0.493 e. The number of benzene rings is 1. The van der Waals surface area contributed by atoms with Gasteiger partial charge >= 0.3 is 7.12 Å². The first-order chi connectivity index (χ1) is 10.8. The molecule has 1 saturated heterocycles. The molecule has 0 bridgehead atoms. The second kappa shape index (κ2) is 5.65. The van der Waals surface area contributed by atoms with Crippen molar-refractivity contribution < 1.29 is 14.0 Å². The van der Waals surface area contributed by atoms with Gasteiger partial charge in [0.25, 0.3) is 0 Å². The van der Waals surface area contributed by atoms with Crippen molar-refractivity contribution in [2.45, 2.75) is 45.8 Å². The van der Waals surface area contributed by atoms with Crippen LogP contribution in [0.5, 0.6) is 5.75 Å². The Kier molecular flexibility index (Phi) is 3.94. The van der Waals surface area contributed by atoms with E-state index in [4.69, 9.17) is 14.0 Å². The number of nitrogens with zero attached hydrogens (tertiary/aromatic N) is 2. The molecule has 1 aromatic heterocycles. The molecule has 0 radical (unpaired) electrons. The van der Waals surface area contributed by atoms with Crippen molar-refractivity contribution in [1.29, 1.82) is 0 Å². The van der Waals surface area contributed by atoms with Gasteiger partial charge in [-0.15, -0.1) is 5.10 Å². The Balaban J connectivity index is 1.95. The van der Waals surface area contributed by atoms with Gasteiger partial charge in [-0.3, -0.25) is 5.10 Å². The largest absolute Gasteiger partial charge is 0.494 e. The lowest BCUT2D eigenvalue weighted by molar-refractivity contribution is 0.00578. The van der Waals surface area contributed by atoms with Crippen molar-refractivity contribution in [2.75, 3.05) is 6.61 Å². The molecule has 7 heteroatoms. The van der Waals surface area contributed by atoms with Gasteiger partial charge in [-0.05, 0) is 52.2 Å². The van der Waals surface area contributed by atoms with Crippen LogP contribution in [0.1, 0.15) is 34.6 Å². The molecule has 0 unspecified atom stereocenters. The van der Waals surface area contributed by atoms with Crippen LogP contribution in [0.4, 0.5) is 0 Å². The van der Waals surface area contributed by atoms with Crippen LogP contribution < -0.4 is 10.2 Å². The van der Waals surface area contributed by atoms with Crippen LogP contribution in [0.3, 0.4) is 0 Å². The topological polar surface area (TPSA) is 69.3 Å². The van der Waals surface area contributed by atoms with E-state index in [0.29, 0.717) is 6.61 Å². The van der Waals surface area contributed by atoms with Gasteiger partial charge in [0.15, 0.2) is 0 Å². The van der Waals surface area contributed by atoms with E-state index in [1.54, 1.807) is 6.20 Å². The lowest BCUT2D eigenvalue weighted by Gasteiger charge is -2.32. The molecule has 0 saturated carbocycles. The molecule has 1 aliphatic heterocycles. The van der Waals surface area contributed by atoms with Gasteiger partial charge in [-0.1, -0.05) is 11.3 Å². The first-order valence-corrected chi connectivity index (χ1v) is 7.83. The summed E-state index contributed by atoms with van der Waals surface area (Å²) in [6, 6.07) is 5.92. The zero-order chi connectivity index (χ0) is 16.7. The Morgan fingerprint density at radius 3 is 2.43 bits per heavy atom. The summed E-state index contributed by atoms with van der Waals surface area (Å²) in [5.74, 6) is 0.755. The Labute approximate surface area is 136 Å². The summed E-state index contributed by atoms with van der Waals surface area (Å²) in [4.78, 5) is 0. The highest BCUT2D eigenvalue weighted by molar-refractivity contribution is 6.62. The summed E-state index contributed by atoms with van der Waals surface area (Å²) in [6.07, 6.45) is 1.67. The normalized spacial score (nSPS) is 19.1. The van der Waals surface area contributed by atoms with Crippen LogP contribution in [0, 0.1) is 0 Å². The first-order valence-electron chi connectivity index (χ1n) is 7.83. The van der Waals surface area contributed by atoms with E-state index in [0.717, 1.165) is 22.5 Å². The average molecular weight is 315 g/mol. The molecule has 0 amide bonds. The standard InChI is InChI=1S/C16H22BN3O3/c1-6-21-14-9-11(7-8-12(14)13-10-18-20-19-13)17-22-15(2,3)16(4,5)23-17/h7-10H,6H2,1-5H3,(H,18,19,20). The van der Waals surface area contributed by atoms with E-state index >= 15 is 0 Å². The van der Waals surface area contributed by atoms with Crippen molar-refractivity contribution in [3.63, 3.8) is 0 Å². The maximum Gasteiger partial charge on any atom is 0.494 e. The van der Waals surface area contributed by atoms with E-state index in [9.17, 15) is 0 Å². The number of H-pyrrole nitrogens is 1. The number of hydrogen-bond donors (Lipinski definition) is 1. The predicted molar refractivity (Wildman–Crippen MR) is 88.7 cm³/mol. The second-order valence-corrected chi connectivity index (χ2v) is 6.65. The van der Waals surface area contributed by atoms with Crippen LogP contribution in [-0.2, 0) is 9.31 Å². The Morgan fingerprint density at radius 1 is 1.17 bits per heavy atom. The average Bonchev–Trinajstić information content (AvgIpc) is 3.06. The Bertz CT molecular complexity index is 670. The minimum absolute atomic E-state index is 0.366. The number of aromatic nitrogens is 3. The summed E-state index contributed by atoms with van der Waals surface area (Å²) >= 11 is 0. The SMILES string of the molecule is CCOc1cc(B2OC(C)(C)C(C)(C)O2)ccc1-c1cnn[nH]1. The molecule has 2 aromatic rings. The van der Waals surface area contributed by atoms with Crippen LogP contribution in [0.15, 0.2) is 24.4 Å². The van der Waals surface area contributed by atoms with Crippen LogP contribution in [-0.4, -0.2) is 40.3 Å². The van der Waals surface area contributed by atoms with Gasteiger partial charge < -0.3 is 14.0 Å². The molecule has 1 aliphatic rings. The molecular weight excluding hydrogens is 293 g/mol. The van der Waals surface area contributed by atoms with Gasteiger partial charge in [0.05, 0.1) is 29.7 Å². The van der Waals surface area contributed by atoms with Gasteiger partial charge in [0, 0.05) is 5.56 Å². The minimum atomic E-state index is -0.409. The summed E-state index contributed by atoms with van der Waals surface area (Å²) in [5, 5.41) is 10.4. The summed E-state index contributed by atoms with van der Waals surface area (Å²) in [6.45, 7) is 10.7. The lowest BCUT2D eigenvalue weighted by atomic mass is 9.78. The molecule has 122 valence electrons. The van der Waals surface area contributed by atoms with Crippen molar-refractivity contribution in [3.8, 4) is 17.0 Å². The van der Waals surface area contributed by atoms with Gasteiger partial charge in [0.1, 0.15) is 5.75 Å². The van der Waals surface area contributed by atoms with E-state index in [-0.39, 0.29) is 11.2 Å². The molecule has 1 fully saturated rings. The Morgan fingerprint density at radius 2 is 1.87 bits per heavy atom. The molecule has 0 spiro atoms. The molecular formula is C16H22BN3O3. The van der Waals surface area contributed by atoms with E-state index < -0.39 is 7.12 Å². The monoisotopic (exact) mass is 315 g/mol. The van der Waals surface area contributed by atoms with E-state index in [1.807, 2.05) is 52.8 Å². The van der Waals surface area contributed by atoms with Crippen molar-refractivity contribution in [2.24, 2.45) is 0 Å². The maximum atomic E-state index is 6.10. The van der Waals surface area contributed by atoms with Crippen LogP contribution >= 0.6 is 0 Å². The summed E-state index contributed by atoms with van der Waals surface area (Å²) < 4.78 is 18.0. The van der Waals surface area contributed by atoms with E-state index in [1.165, 1.54) is 0 Å². The number of rotatable bonds is 4. The third-order valence-electron chi connectivity index (χ3n) is 4.54. The maximum absolute atomic E-state index is 6.10. The fourth-order valence-corrected chi connectivity index (χ4v) is 2.49. The molecule has 1 N–H and O–H groups in total. The molecule has 2 heterocycles. The van der Waals surface area contributed by atoms with Crippen molar-refractivity contribution in [3.05, 3.63) is 24.4 Å². The molecule has 0 aliphatic carbocycles. The quantitative estimate of drug-likeness (QED) is 0.876. The zero-order valence-corrected chi connectivity index (χ0v) is 14.2. The fraction of sp³-hybridized carbons (Fsp3) is 0.500. The van der Waals surface area contributed by atoms with E-state index in [2.05, 4.69) is 15.4 Å². The first kappa shape index (κ1) is 16.0. The number of nitrogens with one attached hydrogen (secondary N) is 1. The Hall–Kier alpha value is -1.86. The van der Waals surface area contributed by atoms with Gasteiger partial charge in [-0.2, -0.15) is 0 Å². The van der Waals surface area contributed by atoms with Gasteiger partial charge in [0.2, 0.25) is 0 Å². The zero-order valence-electron chi connectivity index (χ0n) is 14.2. The smallest absolute Gasteiger partial charge is 0.493 e.